The highest BCUT2D eigenvalue weighted by Crippen LogP contribution is 2.22. The molecule has 2 aromatic rings. The number of carbonyl (C=O) groups is 1. The van der Waals surface area contributed by atoms with E-state index in [9.17, 15) is 4.79 Å². The van der Waals surface area contributed by atoms with Crippen molar-refractivity contribution in [3.05, 3.63) is 57.7 Å². The molecule has 0 unspecified atom stereocenters. The summed E-state index contributed by atoms with van der Waals surface area (Å²) in [6.07, 6.45) is 0. The zero-order valence-corrected chi connectivity index (χ0v) is 12.7. The van der Waals surface area contributed by atoms with Gasteiger partial charge < -0.3 is 10.1 Å². The topological polar surface area (TPSA) is 38.3 Å². The standard InChI is InChI=1S/C15H14INO2/c1-2-19-14-10-6-3-7-11(14)15(18)17-13-9-5-4-8-12(13)16/h3-10H,2H2,1H3,(H,17,18). The van der Waals surface area contributed by atoms with Crippen LogP contribution in [0.25, 0.3) is 0 Å². The number of carbonyl (C=O) groups excluding carboxylic acids is 1. The van der Waals surface area contributed by atoms with Gasteiger partial charge in [0.1, 0.15) is 5.75 Å². The molecule has 2 rings (SSSR count). The minimum absolute atomic E-state index is 0.159. The van der Waals surface area contributed by atoms with Gasteiger partial charge in [-0.15, -0.1) is 0 Å². The molecule has 0 aliphatic rings. The van der Waals surface area contributed by atoms with Gasteiger partial charge in [0.2, 0.25) is 0 Å². The summed E-state index contributed by atoms with van der Waals surface area (Å²) in [5, 5.41) is 2.90. The summed E-state index contributed by atoms with van der Waals surface area (Å²) in [5.41, 5.74) is 1.35. The largest absolute Gasteiger partial charge is 0.493 e. The normalized spacial score (nSPS) is 10.0. The van der Waals surface area contributed by atoms with Crippen LogP contribution in [0.3, 0.4) is 0 Å². The van der Waals surface area contributed by atoms with Crippen LogP contribution in [0.15, 0.2) is 48.5 Å². The molecule has 1 N–H and O–H groups in total. The van der Waals surface area contributed by atoms with E-state index in [0.717, 1.165) is 9.26 Å². The molecule has 4 heteroatoms. The van der Waals surface area contributed by atoms with Crippen molar-refractivity contribution >= 4 is 34.2 Å². The van der Waals surface area contributed by atoms with Crippen LogP contribution in [-0.2, 0) is 0 Å². The minimum atomic E-state index is -0.159. The highest BCUT2D eigenvalue weighted by Gasteiger charge is 2.12. The fraction of sp³-hybridized carbons (Fsp3) is 0.133. The summed E-state index contributed by atoms with van der Waals surface area (Å²) in [4.78, 5) is 12.3. The molecule has 0 fully saturated rings. The Kier molecular flexibility index (Phi) is 4.79. The van der Waals surface area contributed by atoms with Gasteiger partial charge in [-0.05, 0) is 53.8 Å². The highest BCUT2D eigenvalue weighted by molar-refractivity contribution is 14.1. The van der Waals surface area contributed by atoms with Crippen molar-refractivity contribution in [2.45, 2.75) is 6.92 Å². The second-order valence-electron chi connectivity index (χ2n) is 3.86. The molecule has 0 saturated heterocycles. The fourth-order valence-corrected chi connectivity index (χ4v) is 2.21. The smallest absolute Gasteiger partial charge is 0.259 e. The number of para-hydroxylation sites is 2. The van der Waals surface area contributed by atoms with Crippen LogP contribution >= 0.6 is 22.6 Å². The molecule has 0 aromatic heterocycles. The first-order valence-corrected chi connectivity index (χ1v) is 7.08. The quantitative estimate of drug-likeness (QED) is 0.832. The lowest BCUT2D eigenvalue weighted by Gasteiger charge is -2.11. The Morgan fingerprint density at radius 2 is 1.84 bits per heavy atom. The van der Waals surface area contributed by atoms with Crippen molar-refractivity contribution in [1.29, 1.82) is 0 Å². The zero-order chi connectivity index (χ0) is 13.7. The van der Waals surface area contributed by atoms with E-state index >= 15 is 0 Å². The molecular weight excluding hydrogens is 353 g/mol. The second-order valence-corrected chi connectivity index (χ2v) is 5.03. The molecule has 0 saturated carbocycles. The number of halogens is 1. The monoisotopic (exact) mass is 367 g/mol. The summed E-state index contributed by atoms with van der Waals surface area (Å²) in [6, 6.07) is 14.9. The van der Waals surface area contributed by atoms with Crippen LogP contribution < -0.4 is 10.1 Å². The maximum Gasteiger partial charge on any atom is 0.259 e. The maximum absolute atomic E-state index is 12.3. The summed E-state index contributed by atoms with van der Waals surface area (Å²) in [6.45, 7) is 2.43. The molecule has 0 radical (unpaired) electrons. The van der Waals surface area contributed by atoms with E-state index in [2.05, 4.69) is 27.9 Å². The van der Waals surface area contributed by atoms with Crippen LogP contribution in [-0.4, -0.2) is 12.5 Å². The summed E-state index contributed by atoms with van der Waals surface area (Å²) in [5.74, 6) is 0.446. The second kappa shape index (κ2) is 6.56. The van der Waals surface area contributed by atoms with E-state index in [1.807, 2.05) is 43.3 Å². The first-order chi connectivity index (χ1) is 9.22. The Bertz CT molecular complexity index is 584. The van der Waals surface area contributed by atoms with E-state index in [-0.39, 0.29) is 5.91 Å². The van der Waals surface area contributed by atoms with E-state index in [1.54, 1.807) is 12.1 Å². The van der Waals surface area contributed by atoms with Gasteiger partial charge in [-0.3, -0.25) is 4.79 Å². The maximum atomic E-state index is 12.3. The Morgan fingerprint density at radius 3 is 2.58 bits per heavy atom. The summed E-state index contributed by atoms with van der Waals surface area (Å²) >= 11 is 2.19. The van der Waals surface area contributed by atoms with Crippen molar-refractivity contribution in [3.63, 3.8) is 0 Å². The molecule has 0 atom stereocenters. The van der Waals surface area contributed by atoms with Gasteiger partial charge in [0.15, 0.2) is 0 Å². The fourth-order valence-electron chi connectivity index (χ4n) is 1.69. The Balaban J connectivity index is 2.23. The lowest BCUT2D eigenvalue weighted by atomic mass is 10.2. The molecule has 19 heavy (non-hydrogen) atoms. The Labute approximate surface area is 126 Å². The van der Waals surface area contributed by atoms with Crippen molar-refractivity contribution in [2.24, 2.45) is 0 Å². The number of amides is 1. The third-order valence-electron chi connectivity index (χ3n) is 2.55. The zero-order valence-electron chi connectivity index (χ0n) is 10.5. The number of ether oxygens (including phenoxy) is 1. The van der Waals surface area contributed by atoms with Crippen LogP contribution in [0.1, 0.15) is 17.3 Å². The molecule has 3 nitrogen and oxygen atoms in total. The van der Waals surface area contributed by atoms with Crippen LogP contribution in [0, 0.1) is 3.57 Å². The van der Waals surface area contributed by atoms with Crippen molar-refractivity contribution in [3.8, 4) is 5.75 Å². The number of benzene rings is 2. The molecule has 98 valence electrons. The van der Waals surface area contributed by atoms with Gasteiger partial charge in [0, 0.05) is 3.57 Å². The first kappa shape index (κ1) is 13.9. The van der Waals surface area contributed by atoms with Crippen molar-refractivity contribution in [2.75, 3.05) is 11.9 Å². The SMILES string of the molecule is CCOc1ccccc1C(=O)Nc1ccccc1I. The lowest BCUT2D eigenvalue weighted by molar-refractivity contribution is 0.102. The lowest BCUT2D eigenvalue weighted by Crippen LogP contribution is -2.14. The Morgan fingerprint density at radius 1 is 1.16 bits per heavy atom. The number of anilines is 1. The van der Waals surface area contributed by atoms with Gasteiger partial charge in [-0.1, -0.05) is 24.3 Å². The van der Waals surface area contributed by atoms with E-state index in [4.69, 9.17) is 4.74 Å². The molecule has 1 amide bonds. The number of hydrogen-bond acceptors (Lipinski definition) is 2. The van der Waals surface area contributed by atoms with E-state index < -0.39 is 0 Å². The van der Waals surface area contributed by atoms with Gasteiger partial charge in [-0.2, -0.15) is 0 Å². The predicted octanol–water partition coefficient (Wildman–Crippen LogP) is 3.94. The number of nitrogens with one attached hydrogen (secondary N) is 1. The van der Waals surface area contributed by atoms with Gasteiger partial charge in [0.05, 0.1) is 17.9 Å². The number of rotatable bonds is 4. The molecule has 0 heterocycles. The summed E-state index contributed by atoms with van der Waals surface area (Å²) < 4.78 is 6.47. The third kappa shape index (κ3) is 3.47. The van der Waals surface area contributed by atoms with Gasteiger partial charge >= 0.3 is 0 Å². The molecule has 0 aliphatic heterocycles. The van der Waals surface area contributed by atoms with Gasteiger partial charge in [0.25, 0.3) is 5.91 Å². The van der Waals surface area contributed by atoms with E-state index in [1.165, 1.54) is 0 Å². The highest BCUT2D eigenvalue weighted by atomic mass is 127. The van der Waals surface area contributed by atoms with Crippen LogP contribution in [0.5, 0.6) is 5.75 Å². The summed E-state index contributed by atoms with van der Waals surface area (Å²) in [7, 11) is 0. The molecule has 0 aliphatic carbocycles. The molecule has 0 bridgehead atoms. The molecule has 2 aromatic carbocycles. The van der Waals surface area contributed by atoms with Crippen molar-refractivity contribution < 1.29 is 9.53 Å². The van der Waals surface area contributed by atoms with Crippen LogP contribution in [0.4, 0.5) is 5.69 Å². The molecule has 0 spiro atoms. The number of hydrogen-bond donors (Lipinski definition) is 1. The van der Waals surface area contributed by atoms with Gasteiger partial charge in [-0.25, -0.2) is 0 Å². The average molecular weight is 367 g/mol. The van der Waals surface area contributed by atoms with E-state index in [0.29, 0.717) is 17.9 Å². The molecular formula is C15H14INO2. The Hall–Kier alpha value is -1.56. The average Bonchev–Trinajstić information content (AvgIpc) is 2.42. The van der Waals surface area contributed by atoms with Crippen molar-refractivity contribution in [1.82, 2.24) is 0 Å². The first-order valence-electron chi connectivity index (χ1n) is 6.00. The van der Waals surface area contributed by atoms with Crippen LogP contribution in [0.2, 0.25) is 0 Å². The minimum Gasteiger partial charge on any atom is -0.493 e. The third-order valence-corrected chi connectivity index (χ3v) is 3.49. The predicted molar refractivity (Wildman–Crippen MR) is 84.7 cm³/mol.